The molecule has 0 aromatic rings. The van der Waals surface area contributed by atoms with E-state index >= 15 is 0 Å². The Kier molecular flexibility index (Phi) is 280. The van der Waals surface area contributed by atoms with Crippen LogP contribution >= 0.6 is 9.90 Å². The summed E-state index contributed by atoms with van der Waals surface area (Å²) in [5.74, 6) is 0. The molecule has 0 aromatic carbocycles. The van der Waals surface area contributed by atoms with Crippen LogP contribution in [0.3, 0.4) is 0 Å². The molecule has 0 aliphatic rings. The van der Waals surface area contributed by atoms with Gasteiger partial charge in [0, 0.05) is 0 Å². The zero-order valence-corrected chi connectivity index (χ0v) is 7.21. The van der Waals surface area contributed by atoms with Gasteiger partial charge in [0.05, 0.1) is 6.26 Å². The maximum atomic E-state index is 9.31. The van der Waals surface area contributed by atoms with Gasteiger partial charge in [-0.2, -0.15) is 9.90 Å². The van der Waals surface area contributed by atoms with Crippen LogP contribution in [0.4, 0.5) is 28.3 Å². The largest absolute Gasteiger partial charge is 0.510 e. The Morgan fingerprint density at radius 2 is 1.42 bits per heavy atom. The molecule has 0 aromatic heterocycles. The molecule has 12 heavy (non-hydrogen) atoms. The molecule has 0 aliphatic heterocycles. The summed E-state index contributed by atoms with van der Waals surface area (Å²) in [4.78, 5) is 9.31. The molecule has 9 heteroatoms. The second-order valence-corrected chi connectivity index (χ2v) is 0.550. The van der Waals surface area contributed by atoms with E-state index in [0.717, 1.165) is 6.26 Å². The SMILES string of the molecule is C=COC(=O)O.F.F.F.F.F.P. The summed E-state index contributed by atoms with van der Waals surface area (Å²) >= 11 is 0. The molecule has 0 bridgehead atoms. The van der Waals surface area contributed by atoms with Crippen molar-refractivity contribution in [3.05, 3.63) is 12.8 Å². The van der Waals surface area contributed by atoms with Gasteiger partial charge in [0.25, 0.3) is 0 Å². The van der Waals surface area contributed by atoms with Gasteiger partial charge in [0.2, 0.25) is 0 Å². The Bertz CT molecular complexity index is 82.3. The van der Waals surface area contributed by atoms with Crippen LogP contribution in [-0.2, 0) is 4.74 Å². The number of ether oxygens (including phenoxy) is 1. The third-order valence-corrected chi connectivity index (χ3v) is 0.184. The molecule has 82 valence electrons. The van der Waals surface area contributed by atoms with Crippen molar-refractivity contribution in [2.24, 2.45) is 0 Å². The zero-order valence-electron chi connectivity index (χ0n) is 5.80. The van der Waals surface area contributed by atoms with Gasteiger partial charge in [-0.15, -0.1) is 0 Å². The Labute approximate surface area is 68.2 Å². The van der Waals surface area contributed by atoms with E-state index in [1.807, 2.05) is 0 Å². The monoisotopic (exact) mass is 222 g/mol. The lowest BCUT2D eigenvalue weighted by Gasteiger charge is -1.81. The van der Waals surface area contributed by atoms with E-state index in [2.05, 4.69) is 11.3 Å². The first kappa shape index (κ1) is 67.5. The van der Waals surface area contributed by atoms with Crippen LogP contribution in [0.25, 0.3) is 0 Å². The molecule has 0 saturated heterocycles. The number of carbonyl (C=O) groups is 1. The maximum Gasteiger partial charge on any atom is 0.510 e. The topological polar surface area (TPSA) is 46.5 Å². The van der Waals surface area contributed by atoms with Gasteiger partial charge in [-0.3, -0.25) is 23.5 Å². The van der Waals surface area contributed by atoms with Crippen molar-refractivity contribution in [3.8, 4) is 0 Å². The van der Waals surface area contributed by atoms with Gasteiger partial charge in [0.15, 0.2) is 0 Å². The molecule has 1 N–H and O–H groups in total. The molecule has 0 amide bonds. The first-order valence-corrected chi connectivity index (χ1v) is 1.28. The summed E-state index contributed by atoms with van der Waals surface area (Å²) in [6.07, 6.45) is -0.479. The van der Waals surface area contributed by atoms with Crippen LogP contribution in [0, 0.1) is 0 Å². The Morgan fingerprint density at radius 3 is 1.42 bits per heavy atom. The van der Waals surface area contributed by atoms with Gasteiger partial charge >= 0.3 is 6.16 Å². The minimum Gasteiger partial charge on any atom is -0.449 e. The standard InChI is InChI=1S/C3H4O3.5FH.H3P/c1-2-6-3(4)5;;;;;;/h2H,1H2,(H,4,5);5*1H;1H3. The van der Waals surface area contributed by atoms with Crippen molar-refractivity contribution >= 4 is 16.1 Å². The Morgan fingerprint density at radius 1 is 1.17 bits per heavy atom. The highest BCUT2D eigenvalue weighted by molar-refractivity contribution is 6.92. The number of hydrogen-bond donors (Lipinski definition) is 1. The van der Waals surface area contributed by atoms with Crippen molar-refractivity contribution in [2.75, 3.05) is 0 Å². The zero-order chi connectivity index (χ0) is 4.99. The quantitative estimate of drug-likeness (QED) is 0.317. The van der Waals surface area contributed by atoms with Gasteiger partial charge < -0.3 is 9.84 Å². The summed E-state index contributed by atoms with van der Waals surface area (Å²) in [6, 6.07) is 0. The third-order valence-electron chi connectivity index (χ3n) is 0.184. The van der Waals surface area contributed by atoms with Gasteiger partial charge in [0.1, 0.15) is 0 Å². The second kappa shape index (κ2) is 49.8. The fourth-order valence-electron chi connectivity index (χ4n) is 0.0713. The summed E-state index contributed by atoms with van der Waals surface area (Å²) in [5.41, 5.74) is 0. The van der Waals surface area contributed by atoms with Gasteiger partial charge in [-0.05, 0) is 0 Å². The minimum absolute atomic E-state index is 0. The minimum atomic E-state index is -1.33. The summed E-state index contributed by atoms with van der Waals surface area (Å²) in [7, 11) is 0. The molecule has 0 saturated carbocycles. The number of halogens is 5. The average Bonchev–Trinajstić information content (AvgIpc) is 1.35. The molecule has 0 spiro atoms. The predicted molar refractivity (Wildman–Crippen MR) is 42.9 cm³/mol. The summed E-state index contributed by atoms with van der Waals surface area (Å²) < 4.78 is 3.72. The van der Waals surface area contributed by atoms with Crippen molar-refractivity contribution in [3.63, 3.8) is 0 Å². The average molecular weight is 222 g/mol. The van der Waals surface area contributed by atoms with Crippen LogP contribution < -0.4 is 0 Å². The van der Waals surface area contributed by atoms with E-state index < -0.39 is 6.16 Å². The van der Waals surface area contributed by atoms with E-state index in [-0.39, 0.29) is 33.4 Å². The molecule has 0 aliphatic carbocycles. The van der Waals surface area contributed by atoms with Crippen LogP contribution in [0.2, 0.25) is 0 Å². The molecule has 0 fully saturated rings. The number of hydrogen-bond acceptors (Lipinski definition) is 2. The van der Waals surface area contributed by atoms with Crippen LogP contribution in [0.5, 0.6) is 0 Å². The van der Waals surface area contributed by atoms with Crippen molar-refractivity contribution in [1.29, 1.82) is 0 Å². The first-order chi connectivity index (χ1) is 2.77. The molecule has 0 heterocycles. The Hall–Kier alpha value is -0.910. The highest BCUT2D eigenvalue weighted by Crippen LogP contribution is 1.70. The molecule has 0 rings (SSSR count). The van der Waals surface area contributed by atoms with Gasteiger partial charge in [-0.25, -0.2) is 4.79 Å². The van der Waals surface area contributed by atoms with Crippen LogP contribution in [0.15, 0.2) is 12.8 Å². The highest BCUT2D eigenvalue weighted by Gasteiger charge is 1.84. The first-order valence-electron chi connectivity index (χ1n) is 1.28. The molecule has 0 radical (unpaired) electrons. The fourth-order valence-corrected chi connectivity index (χ4v) is 0.0713. The van der Waals surface area contributed by atoms with Crippen LogP contribution in [-0.4, -0.2) is 11.3 Å². The number of rotatable bonds is 1. The van der Waals surface area contributed by atoms with E-state index in [9.17, 15) is 4.79 Å². The Balaban J connectivity index is -0.00000000833. The second-order valence-electron chi connectivity index (χ2n) is 0.550. The fraction of sp³-hybridized carbons (Fsp3) is 0. The lowest BCUT2D eigenvalue weighted by atomic mass is 11.1. The van der Waals surface area contributed by atoms with E-state index in [1.54, 1.807) is 0 Å². The molecular weight excluding hydrogens is 210 g/mol. The molecule has 3 nitrogen and oxygen atoms in total. The highest BCUT2D eigenvalue weighted by atomic mass is 31.0. The summed E-state index contributed by atoms with van der Waals surface area (Å²) in [5, 5.41) is 7.62. The predicted octanol–water partition coefficient (Wildman–Crippen LogP) is 1.65. The van der Waals surface area contributed by atoms with E-state index in [1.165, 1.54) is 0 Å². The smallest absolute Gasteiger partial charge is 0.449 e. The molecular formula is C3H12F5O3P. The van der Waals surface area contributed by atoms with Crippen molar-refractivity contribution < 1.29 is 38.2 Å². The summed E-state index contributed by atoms with van der Waals surface area (Å²) in [6.45, 7) is 3.00. The molecule has 1 unspecified atom stereocenters. The van der Waals surface area contributed by atoms with Crippen LogP contribution in [0.1, 0.15) is 0 Å². The third kappa shape index (κ3) is 136. The maximum absolute atomic E-state index is 9.31. The van der Waals surface area contributed by atoms with Crippen molar-refractivity contribution in [1.82, 2.24) is 0 Å². The van der Waals surface area contributed by atoms with Gasteiger partial charge in [-0.1, -0.05) is 6.58 Å². The lowest BCUT2D eigenvalue weighted by Crippen LogP contribution is -1.89. The molecule has 1 atom stereocenters. The normalized spacial score (nSPS) is 3.33. The number of carboxylic acid groups (broad SMARTS) is 1. The van der Waals surface area contributed by atoms with E-state index in [0.29, 0.717) is 0 Å². The van der Waals surface area contributed by atoms with Crippen molar-refractivity contribution in [2.45, 2.75) is 0 Å². The lowest BCUT2D eigenvalue weighted by molar-refractivity contribution is 0.128. The van der Waals surface area contributed by atoms with E-state index in [4.69, 9.17) is 5.11 Å².